The van der Waals surface area contributed by atoms with E-state index in [0.717, 1.165) is 19.6 Å². The van der Waals surface area contributed by atoms with Gasteiger partial charge in [-0.05, 0) is 6.07 Å². The number of nitrogens with zero attached hydrogens (tertiary/aromatic N) is 3. The first-order valence-electron chi connectivity index (χ1n) is 7.67. The second-order valence-electron chi connectivity index (χ2n) is 5.45. The van der Waals surface area contributed by atoms with E-state index in [-0.39, 0.29) is 24.4 Å². The Morgan fingerprint density at radius 3 is 2.74 bits per heavy atom. The second-order valence-corrected chi connectivity index (χ2v) is 5.45. The van der Waals surface area contributed by atoms with Crippen LogP contribution in [0.1, 0.15) is 5.56 Å². The number of morpholine rings is 1. The fraction of sp³-hybridized carbons (Fsp3) is 0.600. The third kappa shape index (κ3) is 5.21. The van der Waals surface area contributed by atoms with Crippen molar-refractivity contribution in [1.82, 2.24) is 9.80 Å². The molecule has 0 aliphatic carbocycles. The van der Waals surface area contributed by atoms with Gasteiger partial charge < -0.3 is 9.84 Å². The Balaban J connectivity index is 2.02. The zero-order chi connectivity index (χ0) is 16.7. The van der Waals surface area contributed by atoms with E-state index in [1.54, 1.807) is 0 Å². The van der Waals surface area contributed by atoms with E-state index in [4.69, 9.17) is 4.74 Å². The van der Waals surface area contributed by atoms with Gasteiger partial charge in [-0.1, -0.05) is 6.07 Å². The summed E-state index contributed by atoms with van der Waals surface area (Å²) in [4.78, 5) is 14.6. The normalized spacial score (nSPS) is 16.0. The minimum Gasteiger partial charge on any atom is -0.395 e. The lowest BCUT2D eigenvalue weighted by Crippen LogP contribution is -2.42. The van der Waals surface area contributed by atoms with Gasteiger partial charge in [0.05, 0.1) is 30.3 Å². The highest BCUT2D eigenvalue weighted by atomic mass is 19.1. The van der Waals surface area contributed by atoms with Crippen LogP contribution in [0.4, 0.5) is 10.1 Å². The third-order valence-electron chi connectivity index (χ3n) is 3.92. The van der Waals surface area contributed by atoms with E-state index in [1.807, 2.05) is 4.90 Å². The Bertz CT molecular complexity index is 523. The van der Waals surface area contributed by atoms with E-state index in [0.29, 0.717) is 26.3 Å². The van der Waals surface area contributed by atoms with Crippen LogP contribution in [0.3, 0.4) is 0 Å². The van der Waals surface area contributed by atoms with E-state index in [9.17, 15) is 19.6 Å². The molecule has 0 atom stereocenters. The van der Waals surface area contributed by atoms with Crippen molar-refractivity contribution in [1.29, 1.82) is 0 Å². The zero-order valence-electron chi connectivity index (χ0n) is 13.0. The Hall–Kier alpha value is -1.61. The van der Waals surface area contributed by atoms with Gasteiger partial charge in [-0.3, -0.25) is 19.9 Å². The molecule has 8 heteroatoms. The first-order valence-corrected chi connectivity index (χ1v) is 7.67. The number of nitro benzene ring substituents is 1. The molecule has 0 unspecified atom stereocenters. The average Bonchev–Trinajstić information content (AvgIpc) is 2.55. The lowest BCUT2D eigenvalue weighted by Gasteiger charge is -2.29. The van der Waals surface area contributed by atoms with Gasteiger partial charge in [-0.2, -0.15) is 0 Å². The number of halogens is 1. The molecule has 0 aromatic heterocycles. The van der Waals surface area contributed by atoms with Crippen molar-refractivity contribution in [3.05, 3.63) is 39.7 Å². The summed E-state index contributed by atoms with van der Waals surface area (Å²) in [6, 6.07) is 3.86. The maximum absolute atomic E-state index is 14.0. The van der Waals surface area contributed by atoms with Crippen LogP contribution in [-0.4, -0.2) is 72.4 Å². The maximum Gasteiger partial charge on any atom is 0.276 e. The van der Waals surface area contributed by atoms with E-state index in [1.165, 1.54) is 18.2 Å². The van der Waals surface area contributed by atoms with Crippen molar-refractivity contribution in [2.75, 3.05) is 52.5 Å². The minimum atomic E-state index is -0.589. The quantitative estimate of drug-likeness (QED) is 0.563. The van der Waals surface area contributed by atoms with Crippen LogP contribution in [-0.2, 0) is 11.3 Å². The molecule has 1 aliphatic heterocycles. The molecule has 1 aromatic rings. The minimum absolute atomic E-state index is 0.0629. The predicted molar refractivity (Wildman–Crippen MR) is 82.7 cm³/mol. The molecular formula is C15H22FN3O4. The van der Waals surface area contributed by atoms with Gasteiger partial charge in [0.1, 0.15) is 5.82 Å². The van der Waals surface area contributed by atoms with Crippen molar-refractivity contribution >= 4 is 5.69 Å². The van der Waals surface area contributed by atoms with Crippen molar-refractivity contribution in [3.8, 4) is 0 Å². The number of rotatable bonds is 8. The van der Waals surface area contributed by atoms with Gasteiger partial charge in [-0.15, -0.1) is 0 Å². The Morgan fingerprint density at radius 1 is 1.35 bits per heavy atom. The van der Waals surface area contributed by atoms with Crippen LogP contribution in [0.5, 0.6) is 0 Å². The van der Waals surface area contributed by atoms with Crippen LogP contribution >= 0.6 is 0 Å². The summed E-state index contributed by atoms with van der Waals surface area (Å²) < 4.78 is 19.3. The first-order chi connectivity index (χ1) is 11.1. The Kier molecular flexibility index (Phi) is 6.85. The second kappa shape index (κ2) is 8.88. The van der Waals surface area contributed by atoms with Crippen molar-refractivity contribution in [3.63, 3.8) is 0 Å². The predicted octanol–water partition coefficient (Wildman–Crippen LogP) is 0.860. The number of aliphatic hydroxyl groups excluding tert-OH is 1. The molecule has 0 saturated carbocycles. The lowest BCUT2D eigenvalue weighted by molar-refractivity contribution is -0.386. The average molecular weight is 327 g/mol. The van der Waals surface area contributed by atoms with Gasteiger partial charge in [0.25, 0.3) is 5.69 Å². The molecule has 0 radical (unpaired) electrons. The van der Waals surface area contributed by atoms with Crippen LogP contribution < -0.4 is 0 Å². The fourth-order valence-electron chi connectivity index (χ4n) is 2.62. The van der Waals surface area contributed by atoms with E-state index in [2.05, 4.69) is 4.90 Å². The molecule has 7 nitrogen and oxygen atoms in total. The monoisotopic (exact) mass is 327 g/mol. The lowest BCUT2D eigenvalue weighted by atomic mass is 10.1. The SMILES string of the molecule is O=[N+]([O-])c1cccc(F)c1CN(CCO)CCN1CCOCC1. The van der Waals surface area contributed by atoms with E-state index >= 15 is 0 Å². The molecule has 128 valence electrons. The topological polar surface area (TPSA) is 79.1 Å². The molecule has 1 aliphatic rings. The number of aliphatic hydroxyl groups is 1. The summed E-state index contributed by atoms with van der Waals surface area (Å²) in [7, 11) is 0. The summed E-state index contributed by atoms with van der Waals surface area (Å²) >= 11 is 0. The molecule has 1 heterocycles. The number of ether oxygens (including phenoxy) is 1. The van der Waals surface area contributed by atoms with Crippen LogP contribution in [0.2, 0.25) is 0 Å². The summed E-state index contributed by atoms with van der Waals surface area (Å²) in [6.45, 7) is 4.80. The number of nitro groups is 1. The van der Waals surface area contributed by atoms with Crippen LogP contribution in [0.15, 0.2) is 18.2 Å². The van der Waals surface area contributed by atoms with Crippen LogP contribution in [0, 0.1) is 15.9 Å². The van der Waals surface area contributed by atoms with Crippen molar-refractivity contribution in [2.45, 2.75) is 6.54 Å². The molecular weight excluding hydrogens is 305 g/mol. The van der Waals surface area contributed by atoms with Gasteiger partial charge in [0, 0.05) is 45.3 Å². The zero-order valence-corrected chi connectivity index (χ0v) is 13.0. The summed E-state index contributed by atoms with van der Waals surface area (Å²) in [5.74, 6) is -0.589. The molecule has 0 bridgehead atoms. The fourth-order valence-corrected chi connectivity index (χ4v) is 2.62. The van der Waals surface area contributed by atoms with Gasteiger partial charge in [0.15, 0.2) is 0 Å². The smallest absolute Gasteiger partial charge is 0.276 e. The highest BCUT2D eigenvalue weighted by molar-refractivity contribution is 5.40. The van der Waals surface area contributed by atoms with Gasteiger partial charge >= 0.3 is 0 Å². The molecule has 0 spiro atoms. The van der Waals surface area contributed by atoms with E-state index < -0.39 is 10.7 Å². The molecule has 1 aromatic carbocycles. The molecule has 0 amide bonds. The van der Waals surface area contributed by atoms with Crippen molar-refractivity contribution < 1.29 is 19.2 Å². The first kappa shape index (κ1) is 17.7. The summed E-state index contributed by atoms with van der Waals surface area (Å²) in [6.07, 6.45) is 0. The molecule has 1 N–H and O–H groups in total. The highest BCUT2D eigenvalue weighted by Gasteiger charge is 2.21. The summed E-state index contributed by atoms with van der Waals surface area (Å²) in [5.41, 5.74) is -0.160. The maximum atomic E-state index is 14.0. The van der Waals surface area contributed by atoms with Crippen molar-refractivity contribution in [2.24, 2.45) is 0 Å². The Labute approximate surface area is 134 Å². The molecule has 1 saturated heterocycles. The number of hydrogen-bond acceptors (Lipinski definition) is 6. The van der Waals surface area contributed by atoms with Gasteiger partial charge in [-0.25, -0.2) is 4.39 Å². The molecule has 1 fully saturated rings. The standard InChI is InChI=1S/C15H22FN3O4/c16-14-2-1-3-15(19(21)22)13(14)12-18(6-9-20)5-4-17-7-10-23-11-8-17/h1-3,20H,4-12H2. The molecule has 23 heavy (non-hydrogen) atoms. The Morgan fingerprint density at radius 2 is 2.09 bits per heavy atom. The molecule has 2 rings (SSSR count). The van der Waals surface area contributed by atoms with Crippen LogP contribution in [0.25, 0.3) is 0 Å². The van der Waals surface area contributed by atoms with Gasteiger partial charge in [0.2, 0.25) is 0 Å². The number of benzene rings is 1. The third-order valence-corrected chi connectivity index (χ3v) is 3.92. The summed E-state index contributed by atoms with van der Waals surface area (Å²) in [5, 5.41) is 20.3. The number of hydrogen-bond donors (Lipinski definition) is 1. The highest BCUT2D eigenvalue weighted by Crippen LogP contribution is 2.22. The largest absolute Gasteiger partial charge is 0.395 e.